The maximum absolute atomic E-state index is 12.9. The summed E-state index contributed by atoms with van der Waals surface area (Å²) in [5.41, 5.74) is 4.38. The number of carbonyl (C=O) groups excluding carboxylic acids is 1. The number of alkyl halides is 3. The molecule has 0 saturated carbocycles. The van der Waals surface area contributed by atoms with Crippen LogP contribution < -0.4 is 11.2 Å². The van der Waals surface area contributed by atoms with Gasteiger partial charge in [-0.05, 0) is 5.56 Å². The number of urea groups is 1. The van der Waals surface area contributed by atoms with Crippen molar-refractivity contribution in [3.05, 3.63) is 35.9 Å². The van der Waals surface area contributed by atoms with Gasteiger partial charge >= 0.3 is 12.2 Å². The van der Waals surface area contributed by atoms with Crippen LogP contribution in [0.2, 0.25) is 0 Å². The van der Waals surface area contributed by atoms with Crippen LogP contribution in [0.3, 0.4) is 0 Å². The van der Waals surface area contributed by atoms with Gasteiger partial charge in [0.15, 0.2) is 0 Å². The number of carbonyl (C=O) groups is 1. The third-order valence-corrected chi connectivity index (χ3v) is 3.02. The summed E-state index contributed by atoms with van der Waals surface area (Å²) < 4.78 is 38.7. The van der Waals surface area contributed by atoms with Crippen molar-refractivity contribution in [2.24, 2.45) is 5.73 Å². The molecule has 0 radical (unpaired) electrons. The topological polar surface area (TPSA) is 78.6 Å². The molecule has 1 fully saturated rings. The van der Waals surface area contributed by atoms with Crippen LogP contribution >= 0.6 is 0 Å². The predicted octanol–water partition coefficient (Wildman–Crippen LogP) is 1.27. The van der Waals surface area contributed by atoms with E-state index in [4.69, 9.17) is 5.73 Å². The van der Waals surface area contributed by atoms with E-state index in [-0.39, 0.29) is 5.01 Å². The second-order valence-corrected chi connectivity index (χ2v) is 4.28. The normalized spacial score (nSPS) is 27.6. The van der Waals surface area contributed by atoms with E-state index in [0.717, 1.165) is 0 Å². The summed E-state index contributed by atoms with van der Waals surface area (Å²) in [5, 5.41) is 9.76. The van der Waals surface area contributed by atoms with Crippen LogP contribution in [0.25, 0.3) is 0 Å². The molecule has 1 heterocycles. The summed E-state index contributed by atoms with van der Waals surface area (Å²) in [6.45, 7) is 0. The van der Waals surface area contributed by atoms with Gasteiger partial charge in [-0.25, -0.2) is 15.2 Å². The molecule has 1 aromatic rings. The lowest BCUT2D eigenvalue weighted by Crippen LogP contribution is -2.61. The molecule has 5 nitrogen and oxygen atoms in total. The van der Waals surface area contributed by atoms with E-state index < -0.39 is 30.4 Å². The van der Waals surface area contributed by atoms with Gasteiger partial charge in [-0.2, -0.15) is 13.2 Å². The van der Waals surface area contributed by atoms with Crippen molar-refractivity contribution in [2.45, 2.75) is 24.4 Å². The van der Waals surface area contributed by atoms with Gasteiger partial charge in [0.2, 0.25) is 0 Å². The highest BCUT2D eigenvalue weighted by molar-refractivity contribution is 5.72. The number of amides is 2. The monoisotopic (exact) mass is 275 g/mol. The average Bonchev–Trinajstić information content (AvgIpc) is 2.69. The Labute approximate surface area is 106 Å². The summed E-state index contributed by atoms with van der Waals surface area (Å²) >= 11 is 0. The van der Waals surface area contributed by atoms with Crippen molar-refractivity contribution in [1.82, 2.24) is 10.4 Å². The van der Waals surface area contributed by atoms with Gasteiger partial charge in [0, 0.05) is 6.42 Å². The number of nitrogens with two attached hydrogens (primary N) is 1. The SMILES string of the molecule is NC(=O)N1N[C@@H](c2ccccc2)C[C@@]1(O)C(F)(F)F. The number of hydrazine groups is 1. The van der Waals surface area contributed by atoms with E-state index in [2.05, 4.69) is 5.43 Å². The van der Waals surface area contributed by atoms with Gasteiger partial charge in [-0.3, -0.25) is 0 Å². The number of hydrogen-bond donors (Lipinski definition) is 3. The standard InChI is InChI=1S/C11H12F3N3O2/c12-11(13,14)10(19)6-8(16-17(10)9(15)18)7-4-2-1-3-5-7/h1-5,8,16,19H,6H2,(H2,15,18)/t8-,10-/m1/s1. The predicted molar refractivity (Wildman–Crippen MR) is 59.4 cm³/mol. The Balaban J connectivity index is 2.34. The highest BCUT2D eigenvalue weighted by Gasteiger charge is 2.64. The highest BCUT2D eigenvalue weighted by atomic mass is 19.4. The molecular weight excluding hydrogens is 263 g/mol. The summed E-state index contributed by atoms with van der Waals surface area (Å²) in [7, 11) is 0. The largest absolute Gasteiger partial charge is 0.438 e. The van der Waals surface area contributed by atoms with Crippen molar-refractivity contribution in [3.8, 4) is 0 Å². The van der Waals surface area contributed by atoms with Gasteiger partial charge in [-0.15, -0.1) is 0 Å². The number of rotatable bonds is 1. The fourth-order valence-electron chi connectivity index (χ4n) is 2.05. The van der Waals surface area contributed by atoms with Gasteiger partial charge in [0.05, 0.1) is 6.04 Å². The molecule has 104 valence electrons. The third kappa shape index (κ3) is 2.24. The zero-order chi connectivity index (χ0) is 14.3. The Morgan fingerprint density at radius 1 is 1.42 bits per heavy atom. The molecule has 19 heavy (non-hydrogen) atoms. The first-order valence-corrected chi connectivity index (χ1v) is 5.45. The molecule has 0 aliphatic carbocycles. The summed E-state index contributed by atoms with van der Waals surface area (Å²) in [6, 6.07) is 5.96. The van der Waals surface area contributed by atoms with E-state index in [1.807, 2.05) is 0 Å². The molecule has 0 spiro atoms. The maximum atomic E-state index is 12.9. The molecule has 2 amide bonds. The van der Waals surface area contributed by atoms with Crippen molar-refractivity contribution in [2.75, 3.05) is 0 Å². The quantitative estimate of drug-likeness (QED) is 0.722. The minimum absolute atomic E-state index is 0.0324. The van der Waals surface area contributed by atoms with Gasteiger partial charge in [-0.1, -0.05) is 30.3 Å². The van der Waals surface area contributed by atoms with Crippen molar-refractivity contribution in [3.63, 3.8) is 0 Å². The number of nitrogens with one attached hydrogen (secondary N) is 1. The van der Waals surface area contributed by atoms with E-state index >= 15 is 0 Å². The Morgan fingerprint density at radius 3 is 2.42 bits per heavy atom. The lowest BCUT2D eigenvalue weighted by molar-refractivity contribution is -0.299. The molecule has 2 rings (SSSR count). The number of primary amides is 1. The Hall–Kier alpha value is -1.80. The number of aliphatic hydroxyl groups is 1. The molecule has 1 aromatic carbocycles. The highest BCUT2D eigenvalue weighted by Crippen LogP contribution is 2.43. The van der Waals surface area contributed by atoms with Crippen LogP contribution in [-0.4, -0.2) is 28.0 Å². The number of hydrogen-bond acceptors (Lipinski definition) is 3. The zero-order valence-electron chi connectivity index (χ0n) is 9.69. The number of benzene rings is 1. The molecule has 1 saturated heterocycles. The first kappa shape index (κ1) is 13.6. The van der Waals surface area contributed by atoms with Gasteiger partial charge in [0.1, 0.15) is 0 Å². The molecular formula is C11H12F3N3O2. The number of halogens is 3. The van der Waals surface area contributed by atoms with Gasteiger partial charge < -0.3 is 10.8 Å². The maximum Gasteiger partial charge on any atom is 0.438 e. The molecule has 1 aliphatic rings. The molecule has 0 unspecified atom stereocenters. The van der Waals surface area contributed by atoms with Crippen LogP contribution in [-0.2, 0) is 0 Å². The molecule has 0 bridgehead atoms. The van der Waals surface area contributed by atoms with E-state index in [1.54, 1.807) is 30.3 Å². The lowest BCUT2D eigenvalue weighted by Gasteiger charge is -2.32. The molecule has 0 aromatic heterocycles. The first-order chi connectivity index (χ1) is 8.75. The smallest absolute Gasteiger partial charge is 0.362 e. The van der Waals surface area contributed by atoms with E-state index in [1.165, 1.54) is 0 Å². The van der Waals surface area contributed by atoms with E-state index in [9.17, 15) is 23.1 Å². The van der Waals surface area contributed by atoms with Crippen LogP contribution in [0.5, 0.6) is 0 Å². The molecule has 4 N–H and O–H groups in total. The van der Waals surface area contributed by atoms with Crippen LogP contribution in [0.1, 0.15) is 18.0 Å². The molecule has 1 aliphatic heterocycles. The fourth-order valence-corrected chi connectivity index (χ4v) is 2.05. The fraction of sp³-hybridized carbons (Fsp3) is 0.364. The van der Waals surface area contributed by atoms with Crippen LogP contribution in [0.15, 0.2) is 30.3 Å². The Kier molecular flexibility index (Phi) is 3.15. The first-order valence-electron chi connectivity index (χ1n) is 5.45. The van der Waals surface area contributed by atoms with E-state index in [0.29, 0.717) is 5.56 Å². The summed E-state index contributed by atoms with van der Waals surface area (Å²) in [6.07, 6.45) is -5.72. The number of nitrogens with zero attached hydrogens (tertiary/aromatic N) is 1. The van der Waals surface area contributed by atoms with Crippen molar-refractivity contribution < 1.29 is 23.1 Å². The van der Waals surface area contributed by atoms with Gasteiger partial charge in [0.25, 0.3) is 5.72 Å². The minimum atomic E-state index is -5.00. The Bertz CT molecular complexity index is 480. The van der Waals surface area contributed by atoms with Crippen molar-refractivity contribution >= 4 is 6.03 Å². The molecule has 2 atom stereocenters. The zero-order valence-corrected chi connectivity index (χ0v) is 9.69. The van der Waals surface area contributed by atoms with Crippen molar-refractivity contribution in [1.29, 1.82) is 0 Å². The minimum Gasteiger partial charge on any atom is -0.362 e. The lowest BCUT2D eigenvalue weighted by atomic mass is 9.99. The third-order valence-electron chi connectivity index (χ3n) is 3.02. The Morgan fingerprint density at radius 2 is 2.00 bits per heavy atom. The average molecular weight is 275 g/mol. The molecule has 8 heteroatoms. The van der Waals surface area contributed by atoms with Crippen LogP contribution in [0, 0.1) is 0 Å². The summed E-state index contributed by atoms with van der Waals surface area (Å²) in [5.74, 6) is 0. The second kappa shape index (κ2) is 4.39. The van der Waals surface area contributed by atoms with Crippen LogP contribution in [0.4, 0.5) is 18.0 Å². The summed E-state index contributed by atoms with van der Waals surface area (Å²) in [4.78, 5) is 11.1. The second-order valence-electron chi connectivity index (χ2n) is 4.28.